The quantitative estimate of drug-likeness (QED) is 0.586. The molecule has 5 nitrogen and oxygen atoms in total. The van der Waals surface area contributed by atoms with Gasteiger partial charge in [-0.1, -0.05) is 0 Å². The fourth-order valence-electron chi connectivity index (χ4n) is 1.43. The van der Waals surface area contributed by atoms with Crippen LogP contribution < -0.4 is 5.73 Å². The van der Waals surface area contributed by atoms with Gasteiger partial charge in [-0.25, -0.2) is 4.79 Å². The van der Waals surface area contributed by atoms with Gasteiger partial charge in [0.15, 0.2) is 0 Å². The van der Waals surface area contributed by atoms with E-state index < -0.39 is 0 Å². The van der Waals surface area contributed by atoms with Crippen molar-refractivity contribution in [3.63, 3.8) is 0 Å². The molecule has 1 aromatic rings. The topological polar surface area (TPSA) is 66.5 Å². The molecule has 0 amide bonds. The number of aromatic nitrogens is 1. The van der Waals surface area contributed by atoms with Crippen LogP contribution in [0.4, 0.5) is 5.69 Å². The Kier molecular flexibility index (Phi) is 4.85. The second kappa shape index (κ2) is 6.17. The zero-order valence-corrected chi connectivity index (χ0v) is 9.73. The van der Waals surface area contributed by atoms with Crippen molar-refractivity contribution in [2.75, 3.05) is 26.1 Å². The number of rotatable bonds is 6. The standard InChI is InChI=1S/C11H18N2O3/c1-3-16-11(14)9-7-13(8-10(9)12)5-4-6-15-2/h7-8H,3-6,12H2,1-2H3. The average molecular weight is 226 g/mol. The summed E-state index contributed by atoms with van der Waals surface area (Å²) < 4.78 is 11.7. The van der Waals surface area contributed by atoms with Gasteiger partial charge in [-0.3, -0.25) is 0 Å². The molecule has 0 radical (unpaired) electrons. The predicted octanol–water partition coefficient (Wildman–Crippen LogP) is 1.28. The maximum Gasteiger partial charge on any atom is 0.341 e. The molecule has 2 N–H and O–H groups in total. The molecule has 0 aliphatic heterocycles. The summed E-state index contributed by atoms with van der Waals surface area (Å²) >= 11 is 0. The van der Waals surface area contributed by atoms with Gasteiger partial charge >= 0.3 is 5.97 Å². The van der Waals surface area contributed by atoms with Crippen molar-refractivity contribution < 1.29 is 14.3 Å². The SMILES string of the molecule is CCOC(=O)c1cn(CCCOC)cc1N. The minimum Gasteiger partial charge on any atom is -0.462 e. The number of nitrogen functional groups attached to an aromatic ring is 1. The number of carbonyl (C=O) groups is 1. The highest BCUT2D eigenvalue weighted by molar-refractivity contribution is 5.94. The Balaban J connectivity index is 2.62. The number of aryl methyl sites for hydroxylation is 1. The number of ether oxygens (including phenoxy) is 2. The molecule has 0 aliphatic carbocycles. The number of carbonyl (C=O) groups excluding carboxylic acids is 1. The lowest BCUT2D eigenvalue weighted by atomic mass is 10.3. The zero-order chi connectivity index (χ0) is 12.0. The first kappa shape index (κ1) is 12.6. The Morgan fingerprint density at radius 2 is 2.25 bits per heavy atom. The van der Waals surface area contributed by atoms with Gasteiger partial charge in [0.25, 0.3) is 0 Å². The predicted molar refractivity (Wildman–Crippen MR) is 61.3 cm³/mol. The van der Waals surface area contributed by atoms with Crippen molar-refractivity contribution in [1.29, 1.82) is 0 Å². The lowest BCUT2D eigenvalue weighted by Crippen LogP contribution is -2.05. The molecule has 1 rings (SSSR count). The van der Waals surface area contributed by atoms with E-state index in [4.69, 9.17) is 15.2 Å². The van der Waals surface area contributed by atoms with Crippen LogP contribution in [-0.4, -0.2) is 30.9 Å². The van der Waals surface area contributed by atoms with Crippen molar-refractivity contribution >= 4 is 11.7 Å². The third-order valence-electron chi connectivity index (χ3n) is 2.17. The van der Waals surface area contributed by atoms with E-state index in [0.29, 0.717) is 24.5 Å². The summed E-state index contributed by atoms with van der Waals surface area (Å²) in [5.74, 6) is -0.370. The van der Waals surface area contributed by atoms with Crippen LogP contribution in [0.25, 0.3) is 0 Å². The van der Waals surface area contributed by atoms with Crippen LogP contribution in [0.3, 0.4) is 0 Å². The molecule has 1 aromatic heterocycles. The van der Waals surface area contributed by atoms with Crippen molar-refractivity contribution in [2.24, 2.45) is 0 Å². The van der Waals surface area contributed by atoms with Crippen molar-refractivity contribution in [3.8, 4) is 0 Å². The summed E-state index contributed by atoms with van der Waals surface area (Å²) in [4.78, 5) is 11.5. The second-order valence-electron chi connectivity index (χ2n) is 3.43. The maximum atomic E-state index is 11.5. The van der Waals surface area contributed by atoms with Crippen LogP contribution >= 0.6 is 0 Å². The number of esters is 1. The molecule has 5 heteroatoms. The van der Waals surface area contributed by atoms with Gasteiger partial charge in [-0.15, -0.1) is 0 Å². The molecule has 0 bridgehead atoms. The molecule has 0 aromatic carbocycles. The van der Waals surface area contributed by atoms with Gasteiger partial charge in [0.05, 0.1) is 12.3 Å². The number of hydrogen-bond donors (Lipinski definition) is 1. The summed E-state index contributed by atoms with van der Waals surface area (Å²) in [6, 6.07) is 0. The Labute approximate surface area is 95.1 Å². The maximum absolute atomic E-state index is 11.5. The van der Waals surface area contributed by atoms with E-state index in [9.17, 15) is 4.79 Å². The highest BCUT2D eigenvalue weighted by Crippen LogP contribution is 2.14. The summed E-state index contributed by atoms with van der Waals surface area (Å²) in [5.41, 5.74) is 6.61. The van der Waals surface area contributed by atoms with Gasteiger partial charge in [-0.05, 0) is 13.3 Å². The van der Waals surface area contributed by atoms with Crippen LogP contribution in [0.15, 0.2) is 12.4 Å². The number of hydrogen-bond acceptors (Lipinski definition) is 4. The van der Waals surface area contributed by atoms with Gasteiger partial charge < -0.3 is 19.8 Å². The Morgan fingerprint density at radius 3 is 2.88 bits per heavy atom. The van der Waals surface area contributed by atoms with E-state index >= 15 is 0 Å². The van der Waals surface area contributed by atoms with Crippen LogP contribution in [0, 0.1) is 0 Å². The number of nitrogens with zero attached hydrogens (tertiary/aromatic N) is 1. The second-order valence-corrected chi connectivity index (χ2v) is 3.43. The summed E-state index contributed by atoms with van der Waals surface area (Å²) in [5, 5.41) is 0. The molecule has 90 valence electrons. The number of anilines is 1. The Bertz CT molecular complexity index is 347. The fourth-order valence-corrected chi connectivity index (χ4v) is 1.43. The van der Waals surface area contributed by atoms with Gasteiger partial charge in [-0.2, -0.15) is 0 Å². The van der Waals surface area contributed by atoms with Crippen molar-refractivity contribution in [1.82, 2.24) is 4.57 Å². The summed E-state index contributed by atoms with van der Waals surface area (Å²) in [6.07, 6.45) is 4.33. The van der Waals surface area contributed by atoms with E-state index in [1.165, 1.54) is 0 Å². The lowest BCUT2D eigenvalue weighted by molar-refractivity contribution is 0.0527. The molecular weight excluding hydrogens is 208 g/mol. The first-order valence-corrected chi connectivity index (χ1v) is 5.30. The Morgan fingerprint density at radius 1 is 1.50 bits per heavy atom. The number of nitrogens with two attached hydrogens (primary N) is 1. The normalized spacial score (nSPS) is 10.4. The van der Waals surface area contributed by atoms with Crippen LogP contribution in [0.5, 0.6) is 0 Å². The molecule has 0 aliphatic rings. The average Bonchev–Trinajstić information content (AvgIpc) is 2.61. The largest absolute Gasteiger partial charge is 0.462 e. The van der Waals surface area contributed by atoms with E-state index in [2.05, 4.69) is 0 Å². The molecule has 0 atom stereocenters. The van der Waals surface area contributed by atoms with Gasteiger partial charge in [0.1, 0.15) is 5.56 Å². The monoisotopic (exact) mass is 226 g/mol. The highest BCUT2D eigenvalue weighted by Gasteiger charge is 2.13. The molecule has 1 heterocycles. The zero-order valence-electron chi connectivity index (χ0n) is 9.73. The highest BCUT2D eigenvalue weighted by atomic mass is 16.5. The van der Waals surface area contributed by atoms with E-state index in [0.717, 1.165) is 13.0 Å². The minimum absolute atomic E-state index is 0.354. The Hall–Kier alpha value is -1.49. The molecule has 0 saturated carbocycles. The van der Waals surface area contributed by atoms with E-state index in [1.807, 2.05) is 4.57 Å². The first-order valence-electron chi connectivity index (χ1n) is 5.30. The third-order valence-corrected chi connectivity index (χ3v) is 2.17. The molecular formula is C11H18N2O3. The minimum atomic E-state index is -0.370. The van der Waals surface area contributed by atoms with Gasteiger partial charge in [0.2, 0.25) is 0 Å². The van der Waals surface area contributed by atoms with Gasteiger partial charge in [0, 0.05) is 32.7 Å². The third kappa shape index (κ3) is 3.27. The molecule has 0 unspecified atom stereocenters. The van der Waals surface area contributed by atoms with Crippen LogP contribution in [0.1, 0.15) is 23.7 Å². The van der Waals surface area contributed by atoms with Crippen LogP contribution in [0.2, 0.25) is 0 Å². The lowest BCUT2D eigenvalue weighted by Gasteiger charge is -2.01. The first-order chi connectivity index (χ1) is 7.69. The molecule has 16 heavy (non-hydrogen) atoms. The van der Waals surface area contributed by atoms with E-state index in [1.54, 1.807) is 26.4 Å². The summed E-state index contributed by atoms with van der Waals surface area (Å²) in [7, 11) is 1.66. The summed E-state index contributed by atoms with van der Waals surface area (Å²) in [6.45, 7) is 3.58. The molecule has 0 spiro atoms. The van der Waals surface area contributed by atoms with Crippen molar-refractivity contribution in [3.05, 3.63) is 18.0 Å². The molecule has 0 fully saturated rings. The number of methoxy groups -OCH3 is 1. The van der Waals surface area contributed by atoms with E-state index in [-0.39, 0.29) is 5.97 Å². The fraction of sp³-hybridized carbons (Fsp3) is 0.545. The van der Waals surface area contributed by atoms with Crippen LogP contribution in [-0.2, 0) is 16.0 Å². The van der Waals surface area contributed by atoms with Crippen molar-refractivity contribution in [2.45, 2.75) is 19.9 Å². The smallest absolute Gasteiger partial charge is 0.341 e. The molecule has 0 saturated heterocycles.